The number of hydrogen-bond acceptors (Lipinski definition) is 3. The van der Waals surface area contributed by atoms with Crippen molar-refractivity contribution in [2.45, 2.75) is 15.2 Å². The van der Waals surface area contributed by atoms with Gasteiger partial charge in [-0.3, -0.25) is 0 Å². The summed E-state index contributed by atoms with van der Waals surface area (Å²) in [5.74, 6) is 0.715. The van der Waals surface area contributed by atoms with Gasteiger partial charge in [-0.05, 0) is 62.7 Å². The Bertz CT molecular complexity index is 2450. The molecule has 0 saturated carbocycles. The first-order valence-electron chi connectivity index (χ1n) is 17.0. The van der Waals surface area contributed by atoms with Crippen LogP contribution in [-0.2, 0) is 5.41 Å². The highest BCUT2D eigenvalue weighted by Crippen LogP contribution is 2.63. The lowest BCUT2D eigenvalue weighted by Gasteiger charge is -2.39. The molecule has 7 aromatic carbocycles. The molecule has 0 saturated heterocycles. The van der Waals surface area contributed by atoms with Crippen LogP contribution in [0.4, 0.5) is 0 Å². The molecule has 234 valence electrons. The van der Waals surface area contributed by atoms with E-state index in [2.05, 4.69) is 170 Å². The molecule has 8 aromatic rings. The van der Waals surface area contributed by atoms with Crippen LogP contribution in [0.1, 0.15) is 22.3 Å². The summed E-state index contributed by atoms with van der Waals surface area (Å²) in [7, 11) is 0. The summed E-state index contributed by atoms with van der Waals surface area (Å²) >= 11 is 1.88. The fourth-order valence-electron chi connectivity index (χ4n) is 8.03. The fraction of sp³-hybridized carbons (Fsp3) is 0.0213. The van der Waals surface area contributed by atoms with Crippen LogP contribution in [-0.4, -0.2) is 9.97 Å². The van der Waals surface area contributed by atoms with E-state index in [0.29, 0.717) is 5.82 Å². The topological polar surface area (TPSA) is 25.8 Å². The summed E-state index contributed by atoms with van der Waals surface area (Å²) in [6.45, 7) is 0. The van der Waals surface area contributed by atoms with Gasteiger partial charge < -0.3 is 0 Å². The van der Waals surface area contributed by atoms with Crippen LogP contribution in [0.25, 0.3) is 56.2 Å². The predicted octanol–water partition coefficient (Wildman–Crippen LogP) is 12.0. The van der Waals surface area contributed by atoms with Crippen LogP contribution < -0.4 is 0 Å². The predicted molar refractivity (Wildman–Crippen MR) is 205 cm³/mol. The molecular weight excluding hydrogens is 625 g/mol. The summed E-state index contributed by atoms with van der Waals surface area (Å²) in [6.07, 6.45) is 0. The maximum atomic E-state index is 5.08. The lowest BCUT2D eigenvalue weighted by Crippen LogP contribution is -2.31. The second-order valence-corrected chi connectivity index (χ2v) is 14.0. The minimum absolute atomic E-state index is 0.389. The smallest absolute Gasteiger partial charge is 0.160 e. The molecule has 2 heterocycles. The third-order valence-electron chi connectivity index (χ3n) is 10.2. The SMILES string of the molecule is c1ccc(-c2cc(-c3ccccc3)nc(-c3ccc(-c4cccc5c4-c4ccccc4C54c5ccccc5Sc5ccccc54)cc3)n2)cc1. The number of nitrogens with zero attached hydrogens (tertiary/aromatic N) is 2. The Balaban J connectivity index is 1.14. The number of hydrogen-bond donors (Lipinski definition) is 0. The van der Waals surface area contributed by atoms with Crippen LogP contribution in [0.15, 0.2) is 192 Å². The summed E-state index contributed by atoms with van der Waals surface area (Å²) in [6, 6.07) is 65.4. The average molecular weight is 655 g/mol. The van der Waals surface area contributed by atoms with E-state index in [1.807, 2.05) is 23.9 Å². The normalized spacial score (nSPS) is 13.3. The van der Waals surface area contributed by atoms with Crippen molar-refractivity contribution in [3.63, 3.8) is 0 Å². The molecule has 2 nitrogen and oxygen atoms in total. The molecular formula is C47H30N2S. The van der Waals surface area contributed by atoms with E-state index in [1.165, 1.54) is 54.3 Å². The number of aromatic nitrogens is 2. The van der Waals surface area contributed by atoms with Crippen LogP contribution >= 0.6 is 11.8 Å². The van der Waals surface area contributed by atoms with Crippen molar-refractivity contribution in [3.05, 3.63) is 204 Å². The van der Waals surface area contributed by atoms with Crippen molar-refractivity contribution in [3.8, 4) is 56.2 Å². The Hall–Kier alpha value is -6.03. The zero-order chi connectivity index (χ0) is 33.1. The van der Waals surface area contributed by atoms with E-state index >= 15 is 0 Å². The van der Waals surface area contributed by atoms with Crippen LogP contribution in [0.3, 0.4) is 0 Å². The molecule has 0 bridgehead atoms. The van der Waals surface area contributed by atoms with Gasteiger partial charge in [0, 0.05) is 26.5 Å². The van der Waals surface area contributed by atoms with Crippen molar-refractivity contribution in [1.29, 1.82) is 0 Å². The summed E-state index contributed by atoms with van der Waals surface area (Å²) < 4.78 is 0. The van der Waals surface area contributed by atoms with Gasteiger partial charge in [-0.25, -0.2) is 9.97 Å². The van der Waals surface area contributed by atoms with Crippen LogP contribution in [0, 0.1) is 0 Å². The monoisotopic (exact) mass is 654 g/mol. The van der Waals surface area contributed by atoms with Gasteiger partial charge in [0.1, 0.15) is 0 Å². The summed E-state index contributed by atoms with van der Waals surface area (Å²) in [4.78, 5) is 12.8. The molecule has 10 rings (SSSR count). The molecule has 1 aliphatic carbocycles. The van der Waals surface area contributed by atoms with Crippen LogP contribution in [0.2, 0.25) is 0 Å². The van der Waals surface area contributed by atoms with Gasteiger partial charge in [0.05, 0.1) is 16.8 Å². The van der Waals surface area contributed by atoms with Gasteiger partial charge in [0.15, 0.2) is 5.82 Å². The quantitative estimate of drug-likeness (QED) is 0.189. The van der Waals surface area contributed by atoms with Crippen LogP contribution in [0.5, 0.6) is 0 Å². The number of benzene rings is 7. The minimum atomic E-state index is -0.389. The van der Waals surface area contributed by atoms with Gasteiger partial charge in [0.25, 0.3) is 0 Å². The fourth-order valence-corrected chi connectivity index (χ4v) is 9.22. The molecule has 0 unspecified atom stereocenters. The summed E-state index contributed by atoms with van der Waals surface area (Å²) in [5.41, 5.74) is 15.0. The Morgan fingerprint density at radius 3 is 1.46 bits per heavy atom. The number of rotatable bonds is 4. The van der Waals surface area contributed by atoms with E-state index in [0.717, 1.165) is 28.1 Å². The molecule has 0 atom stereocenters. The van der Waals surface area contributed by atoms with E-state index in [4.69, 9.17) is 9.97 Å². The van der Waals surface area contributed by atoms with Gasteiger partial charge in [-0.1, -0.05) is 176 Å². The van der Waals surface area contributed by atoms with Crippen molar-refractivity contribution in [2.24, 2.45) is 0 Å². The second kappa shape index (κ2) is 11.5. The minimum Gasteiger partial charge on any atom is -0.228 e. The molecule has 1 aliphatic heterocycles. The maximum Gasteiger partial charge on any atom is 0.160 e. The zero-order valence-corrected chi connectivity index (χ0v) is 27.9. The van der Waals surface area contributed by atoms with Crippen molar-refractivity contribution in [2.75, 3.05) is 0 Å². The highest BCUT2D eigenvalue weighted by Gasteiger charge is 2.50. The molecule has 0 amide bonds. The Kier molecular flexibility index (Phi) is 6.68. The van der Waals surface area contributed by atoms with Gasteiger partial charge in [-0.15, -0.1) is 0 Å². The molecule has 3 heteroatoms. The Labute approximate surface area is 296 Å². The Morgan fingerprint density at radius 2 is 0.840 bits per heavy atom. The van der Waals surface area contributed by atoms with Gasteiger partial charge in [0.2, 0.25) is 0 Å². The Morgan fingerprint density at radius 1 is 0.360 bits per heavy atom. The van der Waals surface area contributed by atoms with E-state index < -0.39 is 0 Å². The standard InChI is InChI=1S/C47H30N2S/c1-3-14-32(15-4-1)41-30-42(33-16-5-2-6-17-33)49-46(48-41)34-28-26-31(27-29-34)35-19-13-23-40-45(35)36-18-7-8-20-37(36)47(40)38-21-9-11-24-43(38)50-44-25-12-10-22-39(44)47/h1-30H. The van der Waals surface area contributed by atoms with Crippen molar-refractivity contribution >= 4 is 11.8 Å². The maximum absolute atomic E-state index is 5.08. The number of fused-ring (bicyclic) bond motifs is 9. The molecule has 2 aliphatic rings. The van der Waals surface area contributed by atoms with Gasteiger partial charge in [-0.2, -0.15) is 0 Å². The lowest BCUT2D eigenvalue weighted by molar-refractivity contribution is 0.722. The van der Waals surface area contributed by atoms with Crippen molar-refractivity contribution < 1.29 is 0 Å². The lowest BCUT2D eigenvalue weighted by atomic mass is 9.67. The highest BCUT2D eigenvalue weighted by atomic mass is 32.2. The first kappa shape index (κ1) is 28.9. The first-order chi connectivity index (χ1) is 24.8. The molecule has 0 radical (unpaired) electrons. The second-order valence-electron chi connectivity index (χ2n) is 12.9. The average Bonchev–Trinajstić information content (AvgIpc) is 3.49. The van der Waals surface area contributed by atoms with Crippen molar-refractivity contribution in [1.82, 2.24) is 9.97 Å². The molecule has 0 fully saturated rings. The molecule has 50 heavy (non-hydrogen) atoms. The largest absolute Gasteiger partial charge is 0.228 e. The third-order valence-corrected chi connectivity index (χ3v) is 11.3. The van der Waals surface area contributed by atoms with Gasteiger partial charge >= 0.3 is 0 Å². The first-order valence-corrected chi connectivity index (χ1v) is 17.8. The highest BCUT2D eigenvalue weighted by molar-refractivity contribution is 7.99. The zero-order valence-electron chi connectivity index (χ0n) is 27.1. The summed E-state index contributed by atoms with van der Waals surface area (Å²) in [5, 5.41) is 0. The van der Waals surface area contributed by atoms with E-state index in [9.17, 15) is 0 Å². The molecule has 0 N–H and O–H groups in total. The third kappa shape index (κ3) is 4.37. The molecule has 1 aromatic heterocycles. The van der Waals surface area contributed by atoms with E-state index in [1.54, 1.807) is 0 Å². The molecule has 1 spiro atoms. The van der Waals surface area contributed by atoms with E-state index in [-0.39, 0.29) is 5.41 Å².